The number of benzene rings is 2. The molecular weight excluding hydrogens is 396 g/mol. The van der Waals surface area contributed by atoms with Gasteiger partial charge >= 0.3 is 0 Å². The summed E-state index contributed by atoms with van der Waals surface area (Å²) < 4.78 is 1.99. The zero-order chi connectivity index (χ0) is 21.1. The Morgan fingerprint density at radius 2 is 2.00 bits per heavy atom. The van der Waals surface area contributed by atoms with Crippen LogP contribution < -0.4 is 10.2 Å². The third-order valence-electron chi connectivity index (χ3n) is 5.22. The van der Waals surface area contributed by atoms with Crippen LogP contribution >= 0.6 is 11.8 Å². The summed E-state index contributed by atoms with van der Waals surface area (Å²) in [4.78, 5) is 30.6. The van der Waals surface area contributed by atoms with Gasteiger partial charge in [-0.05, 0) is 61.7 Å². The van der Waals surface area contributed by atoms with Gasteiger partial charge in [0.05, 0.1) is 5.75 Å². The molecule has 0 bridgehead atoms. The number of aryl methyl sites for hydroxylation is 2. The first-order valence-corrected chi connectivity index (χ1v) is 10.9. The average molecular weight is 421 g/mol. The summed E-state index contributed by atoms with van der Waals surface area (Å²) >= 11 is 1.39. The second-order valence-electron chi connectivity index (χ2n) is 7.38. The van der Waals surface area contributed by atoms with Gasteiger partial charge in [0.1, 0.15) is 0 Å². The molecule has 0 radical (unpaired) electrons. The molecule has 1 aliphatic heterocycles. The lowest BCUT2D eigenvalue weighted by Crippen LogP contribution is -2.23. The zero-order valence-electron chi connectivity index (χ0n) is 17.1. The number of rotatable bonds is 6. The zero-order valence-corrected chi connectivity index (χ0v) is 17.9. The number of carbonyl (C=O) groups is 2. The van der Waals surface area contributed by atoms with Crippen LogP contribution in [0.4, 0.5) is 11.4 Å². The van der Waals surface area contributed by atoms with Crippen molar-refractivity contribution in [1.82, 2.24) is 9.55 Å². The number of nitrogens with zero attached hydrogens (tertiary/aromatic N) is 3. The van der Waals surface area contributed by atoms with Crippen molar-refractivity contribution < 1.29 is 9.59 Å². The van der Waals surface area contributed by atoms with Crippen LogP contribution in [0.25, 0.3) is 5.69 Å². The topological polar surface area (TPSA) is 67.2 Å². The summed E-state index contributed by atoms with van der Waals surface area (Å²) in [6.45, 7) is 4.90. The van der Waals surface area contributed by atoms with Crippen LogP contribution in [-0.4, -0.2) is 33.7 Å². The van der Waals surface area contributed by atoms with Crippen LogP contribution in [0.3, 0.4) is 0 Å². The van der Waals surface area contributed by atoms with Gasteiger partial charge in [0, 0.05) is 42.4 Å². The number of hydrogen-bond donors (Lipinski definition) is 1. The molecule has 1 aromatic heterocycles. The fourth-order valence-electron chi connectivity index (χ4n) is 3.47. The van der Waals surface area contributed by atoms with Gasteiger partial charge in [0.25, 0.3) is 0 Å². The van der Waals surface area contributed by atoms with Gasteiger partial charge in [-0.15, -0.1) is 0 Å². The van der Waals surface area contributed by atoms with E-state index < -0.39 is 0 Å². The largest absolute Gasteiger partial charge is 0.325 e. The summed E-state index contributed by atoms with van der Waals surface area (Å²) in [5.74, 6) is 0.265. The first kappa shape index (κ1) is 20.2. The van der Waals surface area contributed by atoms with E-state index in [4.69, 9.17) is 0 Å². The minimum atomic E-state index is -0.112. The fourth-order valence-corrected chi connectivity index (χ4v) is 4.24. The number of nitrogens with one attached hydrogen (secondary N) is 1. The Morgan fingerprint density at radius 1 is 1.13 bits per heavy atom. The average Bonchev–Trinajstić information content (AvgIpc) is 3.37. The highest BCUT2D eigenvalue weighted by Gasteiger charge is 2.21. The highest BCUT2D eigenvalue weighted by Crippen LogP contribution is 2.25. The van der Waals surface area contributed by atoms with E-state index >= 15 is 0 Å². The summed E-state index contributed by atoms with van der Waals surface area (Å²) in [5.41, 5.74) is 5.00. The van der Waals surface area contributed by atoms with Crippen molar-refractivity contribution in [3.8, 4) is 5.69 Å². The number of amides is 2. The maximum absolute atomic E-state index is 12.5. The Balaban J connectivity index is 1.40. The molecule has 0 saturated carbocycles. The van der Waals surface area contributed by atoms with E-state index in [-0.39, 0.29) is 17.6 Å². The van der Waals surface area contributed by atoms with Gasteiger partial charge in [-0.2, -0.15) is 0 Å². The van der Waals surface area contributed by atoms with Crippen molar-refractivity contribution in [1.29, 1.82) is 0 Å². The lowest BCUT2D eigenvalue weighted by Gasteiger charge is -2.16. The first-order chi connectivity index (χ1) is 14.5. The number of anilines is 2. The molecule has 0 aliphatic carbocycles. The van der Waals surface area contributed by atoms with Crippen LogP contribution in [0, 0.1) is 13.8 Å². The second kappa shape index (κ2) is 8.75. The third-order valence-corrected chi connectivity index (χ3v) is 6.19. The maximum Gasteiger partial charge on any atom is 0.234 e. The molecule has 1 N–H and O–H groups in total. The number of hydrogen-bond acceptors (Lipinski definition) is 4. The van der Waals surface area contributed by atoms with Crippen LogP contribution in [0.5, 0.6) is 0 Å². The van der Waals surface area contributed by atoms with Crippen molar-refractivity contribution in [2.75, 3.05) is 22.5 Å². The molecule has 0 spiro atoms. The Kier molecular flexibility index (Phi) is 5.90. The second-order valence-corrected chi connectivity index (χ2v) is 8.33. The van der Waals surface area contributed by atoms with E-state index in [1.807, 2.05) is 35.0 Å². The molecule has 0 unspecified atom stereocenters. The van der Waals surface area contributed by atoms with Crippen molar-refractivity contribution in [3.63, 3.8) is 0 Å². The molecule has 1 fully saturated rings. The molecule has 1 aliphatic rings. The summed E-state index contributed by atoms with van der Waals surface area (Å²) in [5, 5.41) is 3.69. The Hall–Kier alpha value is -3.06. The van der Waals surface area contributed by atoms with E-state index in [1.165, 1.54) is 22.9 Å². The first-order valence-electron chi connectivity index (χ1n) is 9.95. The fraction of sp³-hybridized carbons (Fsp3) is 0.261. The molecular formula is C23H24N4O2S. The lowest BCUT2D eigenvalue weighted by atomic mass is 10.1. The maximum atomic E-state index is 12.5. The normalized spacial score (nSPS) is 13.7. The monoisotopic (exact) mass is 420 g/mol. The minimum Gasteiger partial charge on any atom is -0.325 e. The van der Waals surface area contributed by atoms with Crippen molar-refractivity contribution in [3.05, 3.63) is 66.0 Å². The minimum absolute atomic E-state index is 0.112. The van der Waals surface area contributed by atoms with E-state index in [9.17, 15) is 9.59 Å². The van der Waals surface area contributed by atoms with Crippen LogP contribution in [-0.2, 0) is 9.59 Å². The van der Waals surface area contributed by atoms with Gasteiger partial charge in [-0.25, -0.2) is 4.98 Å². The molecule has 6 nitrogen and oxygen atoms in total. The van der Waals surface area contributed by atoms with Crippen molar-refractivity contribution >= 4 is 35.0 Å². The Labute approximate surface area is 180 Å². The molecule has 154 valence electrons. The van der Waals surface area contributed by atoms with E-state index in [0.717, 1.165) is 29.5 Å². The molecule has 1 saturated heterocycles. The molecule has 2 amide bonds. The molecule has 2 aromatic carbocycles. The summed E-state index contributed by atoms with van der Waals surface area (Å²) in [7, 11) is 0. The van der Waals surface area contributed by atoms with E-state index in [1.54, 1.807) is 11.1 Å². The van der Waals surface area contributed by atoms with E-state index in [0.29, 0.717) is 12.1 Å². The highest BCUT2D eigenvalue weighted by atomic mass is 32.2. The third kappa shape index (κ3) is 4.41. The van der Waals surface area contributed by atoms with Gasteiger partial charge in [0.2, 0.25) is 11.8 Å². The predicted molar refractivity (Wildman–Crippen MR) is 120 cm³/mol. The number of aromatic nitrogens is 2. The quantitative estimate of drug-likeness (QED) is 0.602. The van der Waals surface area contributed by atoms with Gasteiger partial charge in [-0.1, -0.05) is 23.9 Å². The molecule has 4 rings (SSSR count). The summed E-state index contributed by atoms with van der Waals surface area (Å²) in [6, 6.07) is 13.7. The Morgan fingerprint density at radius 3 is 2.77 bits per heavy atom. The SMILES string of the molecule is Cc1ccc(-n2ccnc2SCC(=O)Nc2cccc(N3CCCC3=O)c2)cc1C. The van der Waals surface area contributed by atoms with Crippen molar-refractivity contribution in [2.24, 2.45) is 0 Å². The highest BCUT2D eigenvalue weighted by molar-refractivity contribution is 7.99. The lowest BCUT2D eigenvalue weighted by molar-refractivity contribution is -0.117. The molecule has 3 aromatic rings. The van der Waals surface area contributed by atoms with Gasteiger partial charge in [0.15, 0.2) is 5.16 Å². The van der Waals surface area contributed by atoms with Crippen LogP contribution in [0.2, 0.25) is 0 Å². The number of imidazole rings is 1. The smallest absolute Gasteiger partial charge is 0.234 e. The van der Waals surface area contributed by atoms with Gasteiger partial charge < -0.3 is 10.2 Å². The Bertz CT molecular complexity index is 1090. The molecule has 0 atom stereocenters. The summed E-state index contributed by atoms with van der Waals surface area (Å²) in [6.07, 6.45) is 5.10. The van der Waals surface area contributed by atoms with Gasteiger partial charge in [-0.3, -0.25) is 14.2 Å². The number of carbonyl (C=O) groups excluding carboxylic acids is 2. The molecule has 30 heavy (non-hydrogen) atoms. The van der Waals surface area contributed by atoms with Crippen LogP contribution in [0.15, 0.2) is 60.0 Å². The predicted octanol–water partition coefficient (Wildman–Crippen LogP) is 4.35. The van der Waals surface area contributed by atoms with Crippen LogP contribution in [0.1, 0.15) is 24.0 Å². The molecule has 7 heteroatoms. The van der Waals surface area contributed by atoms with E-state index in [2.05, 4.69) is 42.3 Å². The standard InChI is InChI=1S/C23H24N4O2S/c1-16-8-9-20(13-17(16)2)27-12-10-24-23(27)30-15-21(28)25-18-5-3-6-19(14-18)26-11-4-7-22(26)29/h3,5-6,8-10,12-14H,4,7,11,15H2,1-2H3,(H,25,28). The molecule has 2 heterocycles. The van der Waals surface area contributed by atoms with Crippen molar-refractivity contribution in [2.45, 2.75) is 31.8 Å². The number of thioether (sulfide) groups is 1.